The Morgan fingerprint density at radius 1 is 1.30 bits per heavy atom. The smallest absolute Gasteiger partial charge is 0.242 e. The van der Waals surface area contributed by atoms with Crippen molar-refractivity contribution in [3.8, 4) is 0 Å². The van der Waals surface area contributed by atoms with Gasteiger partial charge < -0.3 is 20.3 Å². The number of benzene rings is 1. The zero-order valence-corrected chi connectivity index (χ0v) is 17.1. The fraction of sp³-hybridized carbons (Fsp3) is 0.579. The Morgan fingerprint density at radius 3 is 2.63 bits per heavy atom. The van der Waals surface area contributed by atoms with Crippen LogP contribution < -0.4 is 5.73 Å². The molecular weight excluding hydrogens is 389 g/mol. The van der Waals surface area contributed by atoms with Crippen LogP contribution in [-0.4, -0.2) is 66.0 Å². The number of nitrogens with two attached hydrogens (primary N) is 1. The first kappa shape index (κ1) is 22.0. The molecule has 2 fully saturated rings. The summed E-state index contributed by atoms with van der Waals surface area (Å²) in [5, 5.41) is 0.628. The minimum absolute atomic E-state index is 0. The lowest BCUT2D eigenvalue weighted by molar-refractivity contribution is -0.147. The predicted molar refractivity (Wildman–Crippen MR) is 107 cm³/mol. The molecule has 8 heteroatoms. The summed E-state index contributed by atoms with van der Waals surface area (Å²) in [6.45, 7) is 4.58. The summed E-state index contributed by atoms with van der Waals surface area (Å²) in [7, 11) is 0. The van der Waals surface area contributed by atoms with Crippen LogP contribution in [0.1, 0.15) is 25.3 Å². The molecule has 1 atom stereocenters. The number of amides is 2. The number of ether oxygens (including phenoxy) is 1. The fourth-order valence-corrected chi connectivity index (χ4v) is 3.91. The van der Waals surface area contributed by atoms with Gasteiger partial charge in [0.15, 0.2) is 0 Å². The van der Waals surface area contributed by atoms with Crippen LogP contribution in [0.2, 0.25) is 5.02 Å². The second kappa shape index (κ2) is 9.24. The monoisotopic (exact) mass is 415 g/mol. The highest BCUT2D eigenvalue weighted by molar-refractivity contribution is 6.30. The number of carbonyl (C=O) groups excluding carboxylic acids is 2. The third-order valence-electron chi connectivity index (χ3n) is 5.29. The first-order valence-electron chi connectivity index (χ1n) is 9.09. The number of hydrogen-bond acceptors (Lipinski definition) is 4. The summed E-state index contributed by atoms with van der Waals surface area (Å²) in [5.74, 6) is 0.0370. The van der Waals surface area contributed by atoms with Crippen LogP contribution in [0.25, 0.3) is 0 Å². The molecule has 2 aliphatic rings. The van der Waals surface area contributed by atoms with Gasteiger partial charge in [-0.3, -0.25) is 9.59 Å². The summed E-state index contributed by atoms with van der Waals surface area (Å²) in [5.41, 5.74) is 6.40. The second-order valence-electron chi connectivity index (χ2n) is 7.26. The molecule has 2 saturated heterocycles. The molecule has 2 amide bonds. The van der Waals surface area contributed by atoms with Gasteiger partial charge in [-0.25, -0.2) is 0 Å². The summed E-state index contributed by atoms with van der Waals surface area (Å²) in [6, 6.07) is 7.31. The summed E-state index contributed by atoms with van der Waals surface area (Å²) in [6.07, 6.45) is 1.42. The molecule has 2 heterocycles. The SMILES string of the molecule is CC1CN(C(=O)C2(N)CCOCC2)CCN1C(=O)Cc1cccc(Cl)c1.Cl. The topological polar surface area (TPSA) is 75.9 Å². The van der Waals surface area contributed by atoms with Crippen LogP contribution in [0.5, 0.6) is 0 Å². The van der Waals surface area contributed by atoms with Crippen molar-refractivity contribution in [2.75, 3.05) is 32.8 Å². The Morgan fingerprint density at radius 2 is 2.00 bits per heavy atom. The molecule has 2 aliphatic heterocycles. The summed E-state index contributed by atoms with van der Waals surface area (Å²) >= 11 is 5.99. The van der Waals surface area contributed by atoms with Crippen molar-refractivity contribution >= 4 is 35.8 Å². The van der Waals surface area contributed by atoms with Gasteiger partial charge in [-0.05, 0) is 37.5 Å². The van der Waals surface area contributed by atoms with Gasteiger partial charge in [0.2, 0.25) is 11.8 Å². The maximum absolute atomic E-state index is 12.9. The lowest BCUT2D eigenvalue weighted by Crippen LogP contribution is -2.63. The van der Waals surface area contributed by atoms with E-state index in [9.17, 15) is 9.59 Å². The molecule has 0 radical (unpaired) electrons. The van der Waals surface area contributed by atoms with E-state index >= 15 is 0 Å². The quantitative estimate of drug-likeness (QED) is 0.817. The molecular formula is C19H27Cl2N3O3. The van der Waals surface area contributed by atoms with E-state index in [2.05, 4.69) is 0 Å². The molecule has 0 aliphatic carbocycles. The van der Waals surface area contributed by atoms with Gasteiger partial charge in [-0.2, -0.15) is 0 Å². The summed E-state index contributed by atoms with van der Waals surface area (Å²) in [4.78, 5) is 29.2. The van der Waals surface area contributed by atoms with Crippen molar-refractivity contribution in [1.82, 2.24) is 9.80 Å². The predicted octanol–water partition coefficient (Wildman–Crippen LogP) is 1.87. The van der Waals surface area contributed by atoms with Crippen LogP contribution in [0.4, 0.5) is 0 Å². The minimum Gasteiger partial charge on any atom is -0.381 e. The lowest BCUT2D eigenvalue weighted by Gasteiger charge is -2.44. The van der Waals surface area contributed by atoms with Gasteiger partial charge in [0.05, 0.1) is 12.0 Å². The van der Waals surface area contributed by atoms with Crippen molar-refractivity contribution in [1.29, 1.82) is 0 Å². The Bertz CT molecular complexity index is 680. The van der Waals surface area contributed by atoms with Crippen molar-refractivity contribution in [2.24, 2.45) is 5.73 Å². The standard InChI is InChI=1S/C19H26ClN3O3.ClH/c1-14-13-22(18(25)19(21)5-9-26-10-6-19)7-8-23(14)17(24)12-15-3-2-4-16(20)11-15;/h2-4,11,14H,5-10,12-13,21H2,1H3;1H. The van der Waals surface area contributed by atoms with Crippen LogP contribution in [0.15, 0.2) is 24.3 Å². The lowest BCUT2D eigenvalue weighted by atomic mass is 9.89. The van der Waals surface area contributed by atoms with E-state index in [0.717, 1.165) is 5.56 Å². The molecule has 1 unspecified atom stereocenters. The normalized spacial score (nSPS) is 22.1. The van der Waals surface area contributed by atoms with Crippen molar-refractivity contribution < 1.29 is 14.3 Å². The summed E-state index contributed by atoms with van der Waals surface area (Å²) < 4.78 is 5.32. The van der Waals surface area contributed by atoms with Crippen LogP contribution in [0, 0.1) is 0 Å². The molecule has 0 aromatic heterocycles. The number of rotatable bonds is 3. The second-order valence-corrected chi connectivity index (χ2v) is 7.70. The first-order valence-corrected chi connectivity index (χ1v) is 9.47. The zero-order chi connectivity index (χ0) is 18.7. The number of nitrogens with zero attached hydrogens (tertiary/aromatic N) is 2. The molecule has 0 spiro atoms. The van der Waals surface area contributed by atoms with Crippen molar-refractivity contribution in [3.63, 3.8) is 0 Å². The molecule has 6 nitrogen and oxygen atoms in total. The molecule has 2 N–H and O–H groups in total. The van der Waals surface area contributed by atoms with Gasteiger partial charge in [-0.1, -0.05) is 23.7 Å². The van der Waals surface area contributed by atoms with Crippen LogP contribution in [-0.2, 0) is 20.7 Å². The molecule has 1 aromatic carbocycles. The number of carbonyl (C=O) groups is 2. The Balaban J connectivity index is 0.00000261. The third kappa shape index (κ3) is 5.13. The number of hydrogen-bond donors (Lipinski definition) is 1. The molecule has 27 heavy (non-hydrogen) atoms. The van der Waals surface area contributed by atoms with Gasteiger partial charge in [0.1, 0.15) is 0 Å². The minimum atomic E-state index is -0.828. The van der Waals surface area contributed by atoms with E-state index in [1.54, 1.807) is 11.0 Å². The Kier molecular flexibility index (Phi) is 7.51. The van der Waals surface area contributed by atoms with Gasteiger partial charge in [-0.15, -0.1) is 12.4 Å². The van der Waals surface area contributed by atoms with E-state index < -0.39 is 5.54 Å². The average Bonchev–Trinajstić information content (AvgIpc) is 2.61. The zero-order valence-electron chi connectivity index (χ0n) is 15.5. The van der Waals surface area contributed by atoms with Crippen LogP contribution in [0.3, 0.4) is 0 Å². The van der Waals surface area contributed by atoms with Gasteiger partial charge in [0.25, 0.3) is 0 Å². The molecule has 150 valence electrons. The maximum atomic E-state index is 12.9. The van der Waals surface area contributed by atoms with Crippen molar-refractivity contribution in [3.05, 3.63) is 34.9 Å². The van der Waals surface area contributed by atoms with Crippen molar-refractivity contribution in [2.45, 2.75) is 37.8 Å². The first-order chi connectivity index (χ1) is 12.4. The van der Waals surface area contributed by atoms with E-state index in [-0.39, 0.29) is 30.3 Å². The van der Waals surface area contributed by atoms with Gasteiger partial charge in [0, 0.05) is 43.9 Å². The van der Waals surface area contributed by atoms with Gasteiger partial charge >= 0.3 is 0 Å². The molecule has 3 rings (SSSR count). The Labute approximate surface area is 171 Å². The van der Waals surface area contributed by atoms with E-state index in [4.69, 9.17) is 22.1 Å². The molecule has 0 saturated carbocycles. The molecule has 0 bridgehead atoms. The number of halogens is 2. The average molecular weight is 416 g/mol. The highest BCUT2D eigenvalue weighted by atomic mass is 35.5. The highest BCUT2D eigenvalue weighted by Crippen LogP contribution is 2.23. The van der Waals surface area contributed by atoms with Crippen LogP contribution >= 0.6 is 24.0 Å². The highest BCUT2D eigenvalue weighted by Gasteiger charge is 2.41. The Hall–Kier alpha value is -1.34. The van der Waals surface area contributed by atoms with E-state index in [1.807, 2.05) is 30.0 Å². The molecule has 1 aromatic rings. The number of piperazine rings is 1. The third-order valence-corrected chi connectivity index (χ3v) is 5.53. The van der Waals surface area contributed by atoms with E-state index in [1.165, 1.54) is 0 Å². The van der Waals surface area contributed by atoms with E-state index in [0.29, 0.717) is 57.1 Å². The fourth-order valence-electron chi connectivity index (χ4n) is 3.70. The largest absolute Gasteiger partial charge is 0.381 e. The maximum Gasteiger partial charge on any atom is 0.242 e.